The highest BCUT2D eigenvalue weighted by Crippen LogP contribution is 2.51. The summed E-state index contributed by atoms with van der Waals surface area (Å²) in [7, 11) is 0. The van der Waals surface area contributed by atoms with E-state index in [0.717, 1.165) is 31.5 Å². The molecule has 0 saturated carbocycles. The Hall–Kier alpha value is -2.24. The highest BCUT2D eigenvalue weighted by molar-refractivity contribution is 5.77. The third-order valence-electron chi connectivity index (χ3n) is 6.20. The van der Waals surface area contributed by atoms with Gasteiger partial charge in [-0.1, -0.05) is 30.3 Å². The van der Waals surface area contributed by atoms with E-state index in [1.54, 1.807) is 6.20 Å². The summed E-state index contributed by atoms with van der Waals surface area (Å²) in [5.41, 5.74) is 3.64. The van der Waals surface area contributed by atoms with Crippen molar-refractivity contribution in [1.82, 2.24) is 15.6 Å². The van der Waals surface area contributed by atoms with Gasteiger partial charge in [0.2, 0.25) is 5.91 Å². The van der Waals surface area contributed by atoms with E-state index in [4.69, 9.17) is 4.74 Å². The zero-order valence-electron chi connectivity index (χ0n) is 16.5. The van der Waals surface area contributed by atoms with Gasteiger partial charge in [-0.3, -0.25) is 9.78 Å². The van der Waals surface area contributed by atoms with Crippen LogP contribution in [0.2, 0.25) is 0 Å². The summed E-state index contributed by atoms with van der Waals surface area (Å²) in [6, 6.07) is 12.4. The van der Waals surface area contributed by atoms with Gasteiger partial charge in [0.1, 0.15) is 0 Å². The Bertz CT molecular complexity index is 803. The second-order valence-corrected chi connectivity index (χ2v) is 7.78. The summed E-state index contributed by atoms with van der Waals surface area (Å²) in [6.07, 6.45) is 6.79. The van der Waals surface area contributed by atoms with E-state index in [1.165, 1.54) is 11.1 Å². The molecule has 1 aromatic carbocycles. The predicted octanol–water partition coefficient (Wildman–Crippen LogP) is 2.91. The number of hydrogen-bond donors (Lipinski definition) is 2. The van der Waals surface area contributed by atoms with Gasteiger partial charge in [0.15, 0.2) is 0 Å². The minimum Gasteiger partial charge on any atom is -0.375 e. The number of fused-ring (bicyclic) bond motifs is 2. The summed E-state index contributed by atoms with van der Waals surface area (Å²) < 4.78 is 6.30. The SMILES string of the molecule is CCO[C@@H]1[C@@H](NC(=O)CCc2cccnc2)c2ccccc2C12CCNCC2. The average Bonchev–Trinajstić information content (AvgIpc) is 2.98. The van der Waals surface area contributed by atoms with Crippen LogP contribution < -0.4 is 10.6 Å². The van der Waals surface area contributed by atoms with Gasteiger partial charge < -0.3 is 15.4 Å². The summed E-state index contributed by atoms with van der Waals surface area (Å²) in [5, 5.41) is 6.78. The Balaban J connectivity index is 1.55. The van der Waals surface area contributed by atoms with Crippen molar-refractivity contribution in [3.05, 3.63) is 65.5 Å². The van der Waals surface area contributed by atoms with E-state index >= 15 is 0 Å². The second-order valence-electron chi connectivity index (χ2n) is 7.78. The molecule has 4 rings (SSSR count). The van der Waals surface area contributed by atoms with Crippen molar-refractivity contribution in [3.8, 4) is 0 Å². The van der Waals surface area contributed by atoms with E-state index in [1.807, 2.05) is 25.3 Å². The van der Waals surface area contributed by atoms with Gasteiger partial charge in [0.25, 0.3) is 0 Å². The molecule has 2 aliphatic rings. The van der Waals surface area contributed by atoms with Gasteiger partial charge in [-0.25, -0.2) is 0 Å². The Kier molecular flexibility index (Phi) is 5.74. The highest BCUT2D eigenvalue weighted by Gasteiger charge is 2.53. The molecule has 28 heavy (non-hydrogen) atoms. The van der Waals surface area contributed by atoms with Gasteiger partial charge in [-0.2, -0.15) is 0 Å². The number of nitrogens with one attached hydrogen (secondary N) is 2. The van der Waals surface area contributed by atoms with Crippen molar-refractivity contribution in [2.75, 3.05) is 19.7 Å². The topological polar surface area (TPSA) is 63.2 Å². The van der Waals surface area contributed by atoms with Crippen LogP contribution in [-0.2, 0) is 21.4 Å². The third kappa shape index (κ3) is 3.56. The molecule has 148 valence electrons. The van der Waals surface area contributed by atoms with Crippen molar-refractivity contribution in [2.45, 2.75) is 50.2 Å². The number of carbonyl (C=O) groups excluding carboxylic acids is 1. The standard InChI is InChI=1S/C23H29N3O2/c1-2-28-22-21(26-20(27)10-9-17-6-5-13-25-16-17)18-7-3-4-8-19(18)23(22)11-14-24-15-12-23/h3-8,13,16,21-22,24H,2,9-12,14-15H2,1H3,(H,26,27)/t21-,22+/m0/s1. The summed E-state index contributed by atoms with van der Waals surface area (Å²) >= 11 is 0. The van der Waals surface area contributed by atoms with E-state index in [-0.39, 0.29) is 23.5 Å². The quantitative estimate of drug-likeness (QED) is 0.810. The first-order chi connectivity index (χ1) is 13.7. The van der Waals surface area contributed by atoms with Crippen LogP contribution in [0.15, 0.2) is 48.8 Å². The van der Waals surface area contributed by atoms with Crippen LogP contribution in [0.3, 0.4) is 0 Å². The molecular formula is C23H29N3O2. The Morgan fingerprint density at radius 2 is 2.07 bits per heavy atom. The Morgan fingerprint density at radius 1 is 1.25 bits per heavy atom. The number of amides is 1. The fourth-order valence-electron chi connectivity index (χ4n) is 4.92. The van der Waals surface area contributed by atoms with Gasteiger partial charge in [0, 0.05) is 30.8 Å². The molecule has 1 amide bonds. The molecule has 2 heterocycles. The number of aromatic nitrogens is 1. The molecule has 0 bridgehead atoms. The zero-order chi connectivity index (χ0) is 19.4. The number of piperidine rings is 1. The summed E-state index contributed by atoms with van der Waals surface area (Å²) in [6.45, 7) is 4.66. The van der Waals surface area contributed by atoms with E-state index in [2.05, 4.69) is 39.9 Å². The first-order valence-electron chi connectivity index (χ1n) is 10.3. The van der Waals surface area contributed by atoms with Crippen LogP contribution in [-0.4, -0.2) is 36.7 Å². The van der Waals surface area contributed by atoms with Crippen LogP contribution in [0, 0.1) is 0 Å². The Labute approximate surface area is 166 Å². The summed E-state index contributed by atoms with van der Waals surface area (Å²) in [5.74, 6) is 0.0688. The Morgan fingerprint density at radius 3 is 2.82 bits per heavy atom. The normalized spacial score (nSPS) is 22.8. The van der Waals surface area contributed by atoms with Gasteiger partial charge in [-0.05, 0) is 62.0 Å². The van der Waals surface area contributed by atoms with Crippen LogP contribution in [0.1, 0.15) is 48.9 Å². The number of rotatable bonds is 6. The molecule has 1 aliphatic carbocycles. The summed E-state index contributed by atoms with van der Waals surface area (Å²) in [4.78, 5) is 16.9. The van der Waals surface area contributed by atoms with Gasteiger partial charge in [0.05, 0.1) is 12.1 Å². The second kappa shape index (κ2) is 8.41. The minimum atomic E-state index is -0.0874. The molecule has 0 radical (unpaired) electrons. The molecule has 1 aromatic heterocycles. The smallest absolute Gasteiger partial charge is 0.220 e. The maximum absolute atomic E-state index is 12.8. The van der Waals surface area contributed by atoms with E-state index < -0.39 is 0 Å². The van der Waals surface area contributed by atoms with Crippen LogP contribution >= 0.6 is 0 Å². The zero-order valence-corrected chi connectivity index (χ0v) is 16.5. The van der Waals surface area contributed by atoms with Crippen LogP contribution in [0.25, 0.3) is 0 Å². The molecular weight excluding hydrogens is 350 g/mol. The molecule has 1 fully saturated rings. The number of carbonyl (C=O) groups is 1. The predicted molar refractivity (Wildman–Crippen MR) is 109 cm³/mol. The minimum absolute atomic E-state index is 0.0145. The van der Waals surface area contributed by atoms with Crippen molar-refractivity contribution >= 4 is 5.91 Å². The maximum atomic E-state index is 12.8. The first kappa shape index (κ1) is 19.1. The number of nitrogens with zero attached hydrogens (tertiary/aromatic N) is 1. The van der Waals surface area contributed by atoms with Crippen molar-refractivity contribution in [1.29, 1.82) is 0 Å². The van der Waals surface area contributed by atoms with Gasteiger partial charge >= 0.3 is 0 Å². The van der Waals surface area contributed by atoms with Gasteiger partial charge in [-0.15, -0.1) is 0 Å². The first-order valence-corrected chi connectivity index (χ1v) is 10.3. The molecule has 2 aromatic rings. The number of ether oxygens (including phenoxy) is 1. The highest BCUT2D eigenvalue weighted by atomic mass is 16.5. The van der Waals surface area contributed by atoms with Crippen molar-refractivity contribution in [3.63, 3.8) is 0 Å². The molecule has 1 saturated heterocycles. The maximum Gasteiger partial charge on any atom is 0.220 e. The molecule has 2 atom stereocenters. The lowest BCUT2D eigenvalue weighted by atomic mass is 9.72. The lowest BCUT2D eigenvalue weighted by Crippen LogP contribution is -2.49. The number of pyridine rings is 1. The third-order valence-corrected chi connectivity index (χ3v) is 6.20. The molecule has 0 unspecified atom stereocenters. The number of benzene rings is 1. The van der Waals surface area contributed by atoms with Crippen molar-refractivity contribution < 1.29 is 9.53 Å². The van der Waals surface area contributed by atoms with E-state index in [9.17, 15) is 4.79 Å². The van der Waals surface area contributed by atoms with E-state index in [0.29, 0.717) is 19.4 Å². The monoisotopic (exact) mass is 379 g/mol. The largest absolute Gasteiger partial charge is 0.375 e. The molecule has 5 heteroatoms. The lowest BCUT2D eigenvalue weighted by Gasteiger charge is -2.41. The fourth-order valence-corrected chi connectivity index (χ4v) is 4.92. The number of aryl methyl sites for hydroxylation is 1. The van der Waals surface area contributed by atoms with Crippen LogP contribution in [0.5, 0.6) is 0 Å². The average molecular weight is 380 g/mol. The number of hydrogen-bond acceptors (Lipinski definition) is 4. The molecule has 1 spiro atoms. The van der Waals surface area contributed by atoms with Crippen molar-refractivity contribution in [2.24, 2.45) is 0 Å². The lowest BCUT2D eigenvalue weighted by molar-refractivity contribution is -0.123. The molecule has 5 nitrogen and oxygen atoms in total. The molecule has 2 N–H and O–H groups in total. The fraction of sp³-hybridized carbons (Fsp3) is 0.478. The molecule has 1 aliphatic heterocycles. The van der Waals surface area contributed by atoms with Crippen LogP contribution in [0.4, 0.5) is 0 Å².